The molecule has 0 radical (unpaired) electrons. The van der Waals surface area contributed by atoms with Gasteiger partial charge >= 0.3 is 0 Å². The fraction of sp³-hybridized carbons (Fsp3) is 0.353. The Morgan fingerprint density at radius 3 is 2.52 bits per heavy atom. The number of aromatic nitrogens is 1. The Kier molecular flexibility index (Phi) is 4.43. The molecule has 5 nitrogen and oxygen atoms in total. The van der Waals surface area contributed by atoms with Crippen molar-refractivity contribution in [3.05, 3.63) is 51.5 Å². The lowest BCUT2D eigenvalue weighted by atomic mass is 10.1. The van der Waals surface area contributed by atoms with E-state index in [4.69, 9.17) is 0 Å². The number of hydrogen-bond acceptors (Lipinski definition) is 4. The van der Waals surface area contributed by atoms with Crippen molar-refractivity contribution < 1.29 is 9.59 Å². The summed E-state index contributed by atoms with van der Waals surface area (Å²) in [5.74, 6) is 0.178. The van der Waals surface area contributed by atoms with Crippen molar-refractivity contribution in [1.29, 1.82) is 0 Å². The van der Waals surface area contributed by atoms with Gasteiger partial charge in [0.25, 0.3) is 11.8 Å². The van der Waals surface area contributed by atoms with Gasteiger partial charge in [0.15, 0.2) is 0 Å². The van der Waals surface area contributed by atoms with Gasteiger partial charge in [-0.15, -0.1) is 11.3 Å². The number of thiazole rings is 1. The number of carbonyl (C=O) groups is 2. The fourth-order valence-corrected chi connectivity index (χ4v) is 3.66. The molecule has 120 valence electrons. The third-order valence-corrected chi connectivity index (χ3v) is 5.17. The maximum atomic E-state index is 12.4. The molecule has 1 saturated carbocycles. The van der Waals surface area contributed by atoms with Gasteiger partial charge in [-0.1, -0.05) is 18.2 Å². The SMILES string of the molecule is CNC(=O)c1sc(C(NC(=O)c2ccccc2)C2CC2)nc1C. The lowest BCUT2D eigenvalue weighted by Gasteiger charge is -2.15. The molecule has 0 saturated heterocycles. The topological polar surface area (TPSA) is 71.1 Å². The summed E-state index contributed by atoms with van der Waals surface area (Å²) < 4.78 is 0. The second-order valence-corrected chi connectivity index (χ2v) is 6.73. The molecule has 0 spiro atoms. The van der Waals surface area contributed by atoms with Crippen LogP contribution in [0.15, 0.2) is 30.3 Å². The highest BCUT2D eigenvalue weighted by Crippen LogP contribution is 2.42. The first-order valence-electron chi connectivity index (χ1n) is 7.65. The number of carbonyl (C=O) groups excluding carboxylic acids is 2. The summed E-state index contributed by atoms with van der Waals surface area (Å²) >= 11 is 1.37. The molecule has 2 amide bonds. The summed E-state index contributed by atoms with van der Waals surface area (Å²) in [5.41, 5.74) is 1.35. The largest absolute Gasteiger partial charge is 0.354 e. The molecule has 1 aromatic heterocycles. The number of aryl methyl sites for hydroxylation is 1. The lowest BCUT2D eigenvalue weighted by molar-refractivity contribution is 0.0929. The Morgan fingerprint density at radius 2 is 1.91 bits per heavy atom. The molecule has 1 fully saturated rings. The molecule has 23 heavy (non-hydrogen) atoms. The molecular formula is C17H19N3O2S. The van der Waals surface area contributed by atoms with Crippen molar-refractivity contribution in [3.8, 4) is 0 Å². The number of benzene rings is 1. The van der Waals surface area contributed by atoms with E-state index in [2.05, 4.69) is 15.6 Å². The van der Waals surface area contributed by atoms with Crippen molar-refractivity contribution >= 4 is 23.2 Å². The van der Waals surface area contributed by atoms with Crippen molar-refractivity contribution in [2.45, 2.75) is 25.8 Å². The summed E-state index contributed by atoms with van der Waals surface area (Å²) in [5, 5.41) is 6.53. The Hall–Kier alpha value is -2.21. The van der Waals surface area contributed by atoms with Gasteiger partial charge < -0.3 is 10.6 Å². The number of rotatable bonds is 5. The Balaban J connectivity index is 1.83. The summed E-state index contributed by atoms with van der Waals surface area (Å²) in [6.45, 7) is 1.83. The predicted molar refractivity (Wildman–Crippen MR) is 89.6 cm³/mol. The van der Waals surface area contributed by atoms with Crippen LogP contribution in [0.5, 0.6) is 0 Å². The van der Waals surface area contributed by atoms with Gasteiger partial charge in [-0.05, 0) is 37.8 Å². The van der Waals surface area contributed by atoms with E-state index in [1.807, 2.05) is 25.1 Å². The first-order valence-corrected chi connectivity index (χ1v) is 8.47. The standard InChI is InChI=1S/C17H19N3O2S/c1-10-14(16(22)18-2)23-17(19-10)13(11-8-9-11)20-15(21)12-6-4-3-5-7-12/h3-7,11,13H,8-9H2,1-2H3,(H,18,22)(H,20,21). The molecule has 1 atom stereocenters. The normalized spacial score (nSPS) is 15.0. The second-order valence-electron chi connectivity index (χ2n) is 5.70. The van der Waals surface area contributed by atoms with Gasteiger partial charge in [0, 0.05) is 12.6 Å². The second kappa shape index (κ2) is 6.50. The molecule has 0 bridgehead atoms. The van der Waals surface area contributed by atoms with Crippen LogP contribution in [-0.4, -0.2) is 23.8 Å². The van der Waals surface area contributed by atoms with E-state index in [1.54, 1.807) is 19.2 Å². The highest BCUT2D eigenvalue weighted by Gasteiger charge is 2.36. The van der Waals surface area contributed by atoms with Crippen LogP contribution in [0, 0.1) is 12.8 Å². The molecule has 2 N–H and O–H groups in total. The first-order chi connectivity index (χ1) is 11.1. The molecule has 6 heteroatoms. The molecule has 1 aromatic carbocycles. The van der Waals surface area contributed by atoms with Crippen LogP contribution in [0.2, 0.25) is 0 Å². The highest BCUT2D eigenvalue weighted by molar-refractivity contribution is 7.13. The molecule has 2 aromatic rings. The average molecular weight is 329 g/mol. The van der Waals surface area contributed by atoms with Gasteiger partial charge in [-0.3, -0.25) is 9.59 Å². The van der Waals surface area contributed by atoms with Gasteiger partial charge in [-0.2, -0.15) is 0 Å². The average Bonchev–Trinajstić information content (AvgIpc) is 3.34. The molecule has 1 aliphatic rings. The number of amides is 2. The lowest BCUT2D eigenvalue weighted by Crippen LogP contribution is -2.29. The van der Waals surface area contributed by atoms with Crippen LogP contribution in [-0.2, 0) is 0 Å². The predicted octanol–water partition coefficient (Wildman–Crippen LogP) is 2.69. The van der Waals surface area contributed by atoms with Gasteiger partial charge in [-0.25, -0.2) is 4.98 Å². The molecule has 1 unspecified atom stereocenters. The Labute approximate surface area is 139 Å². The smallest absolute Gasteiger partial charge is 0.263 e. The van der Waals surface area contributed by atoms with Crippen molar-refractivity contribution in [3.63, 3.8) is 0 Å². The minimum absolute atomic E-state index is 0.100. The van der Waals surface area contributed by atoms with Crippen LogP contribution in [0.3, 0.4) is 0 Å². The van der Waals surface area contributed by atoms with Crippen LogP contribution in [0.25, 0.3) is 0 Å². The fourth-order valence-electron chi connectivity index (χ4n) is 2.50. The summed E-state index contributed by atoms with van der Waals surface area (Å²) in [7, 11) is 1.61. The van der Waals surface area contributed by atoms with Crippen LogP contribution < -0.4 is 10.6 Å². The van der Waals surface area contributed by atoms with Crippen molar-refractivity contribution in [2.75, 3.05) is 7.05 Å². The molecule has 1 aliphatic carbocycles. The number of hydrogen-bond donors (Lipinski definition) is 2. The molecule has 3 rings (SSSR count). The third-order valence-electron chi connectivity index (χ3n) is 3.93. The summed E-state index contributed by atoms with van der Waals surface area (Å²) in [4.78, 5) is 29.4. The van der Waals surface area contributed by atoms with E-state index >= 15 is 0 Å². The third kappa shape index (κ3) is 3.42. The zero-order valence-corrected chi connectivity index (χ0v) is 13.9. The maximum absolute atomic E-state index is 12.4. The van der Waals surface area contributed by atoms with E-state index in [0.717, 1.165) is 17.8 Å². The van der Waals surface area contributed by atoms with E-state index in [0.29, 0.717) is 22.1 Å². The van der Waals surface area contributed by atoms with Crippen LogP contribution in [0.4, 0.5) is 0 Å². The maximum Gasteiger partial charge on any atom is 0.263 e. The van der Waals surface area contributed by atoms with Crippen LogP contribution >= 0.6 is 11.3 Å². The minimum Gasteiger partial charge on any atom is -0.354 e. The monoisotopic (exact) mass is 329 g/mol. The summed E-state index contributed by atoms with van der Waals surface area (Å²) in [6, 6.07) is 9.04. The van der Waals surface area contributed by atoms with Gasteiger partial charge in [0.1, 0.15) is 9.88 Å². The van der Waals surface area contributed by atoms with E-state index < -0.39 is 0 Å². The van der Waals surface area contributed by atoms with E-state index in [9.17, 15) is 9.59 Å². The number of nitrogens with zero attached hydrogens (tertiary/aromatic N) is 1. The highest BCUT2D eigenvalue weighted by atomic mass is 32.1. The first kappa shape index (κ1) is 15.7. The van der Waals surface area contributed by atoms with Gasteiger partial charge in [0.2, 0.25) is 0 Å². The Bertz CT molecular complexity index is 723. The van der Waals surface area contributed by atoms with Gasteiger partial charge in [0.05, 0.1) is 11.7 Å². The quantitative estimate of drug-likeness (QED) is 0.886. The zero-order valence-electron chi connectivity index (χ0n) is 13.1. The van der Waals surface area contributed by atoms with Crippen molar-refractivity contribution in [1.82, 2.24) is 15.6 Å². The Morgan fingerprint density at radius 1 is 1.22 bits per heavy atom. The van der Waals surface area contributed by atoms with Crippen LogP contribution in [0.1, 0.15) is 49.6 Å². The zero-order chi connectivity index (χ0) is 16.4. The molecule has 1 heterocycles. The molecular weight excluding hydrogens is 310 g/mol. The van der Waals surface area contributed by atoms with Crippen molar-refractivity contribution in [2.24, 2.45) is 5.92 Å². The summed E-state index contributed by atoms with van der Waals surface area (Å²) in [6.07, 6.45) is 2.15. The number of nitrogens with one attached hydrogen (secondary N) is 2. The molecule has 0 aliphatic heterocycles. The minimum atomic E-state index is -0.129. The van der Waals surface area contributed by atoms with E-state index in [1.165, 1.54) is 11.3 Å². The van der Waals surface area contributed by atoms with E-state index in [-0.39, 0.29) is 17.9 Å².